The van der Waals surface area contributed by atoms with Crippen LogP contribution in [0.15, 0.2) is 24.3 Å². The number of hydrogen-bond donors (Lipinski definition) is 2. The summed E-state index contributed by atoms with van der Waals surface area (Å²) in [5.41, 5.74) is 6.90. The van der Waals surface area contributed by atoms with Crippen LogP contribution in [-0.4, -0.2) is 21.1 Å². The van der Waals surface area contributed by atoms with Gasteiger partial charge < -0.3 is 5.73 Å². The third-order valence-electron chi connectivity index (χ3n) is 2.79. The van der Waals surface area contributed by atoms with E-state index >= 15 is 0 Å². The standard InChI is InChI=1S/C13H19F3N2O2S/c14-13(15,16)6-1-2-7-18-21(19,20)10-12-5-3-4-11(8-12)9-17/h3-5,8,18H,1-2,6-7,9-10,17H2. The van der Waals surface area contributed by atoms with E-state index in [-0.39, 0.29) is 25.1 Å². The molecule has 4 nitrogen and oxygen atoms in total. The van der Waals surface area contributed by atoms with Crippen molar-refractivity contribution in [3.05, 3.63) is 35.4 Å². The van der Waals surface area contributed by atoms with Gasteiger partial charge in [0.05, 0.1) is 5.75 Å². The van der Waals surface area contributed by atoms with Crippen LogP contribution in [0.4, 0.5) is 13.2 Å². The average molecular weight is 324 g/mol. The van der Waals surface area contributed by atoms with Crippen molar-refractivity contribution in [3.8, 4) is 0 Å². The fourth-order valence-electron chi connectivity index (χ4n) is 1.79. The molecular weight excluding hydrogens is 305 g/mol. The van der Waals surface area contributed by atoms with Gasteiger partial charge in [-0.2, -0.15) is 13.2 Å². The molecule has 0 spiro atoms. The van der Waals surface area contributed by atoms with Crippen molar-refractivity contribution in [1.29, 1.82) is 0 Å². The average Bonchev–Trinajstić information content (AvgIpc) is 2.36. The molecule has 0 atom stereocenters. The molecule has 0 aliphatic heterocycles. The molecule has 120 valence electrons. The lowest BCUT2D eigenvalue weighted by Crippen LogP contribution is -2.26. The van der Waals surface area contributed by atoms with Gasteiger partial charge in [0.15, 0.2) is 0 Å². The second kappa shape index (κ2) is 7.77. The first-order valence-electron chi connectivity index (χ1n) is 6.54. The van der Waals surface area contributed by atoms with Crippen LogP contribution < -0.4 is 10.5 Å². The summed E-state index contributed by atoms with van der Waals surface area (Å²) in [4.78, 5) is 0. The van der Waals surface area contributed by atoms with Gasteiger partial charge in [0, 0.05) is 19.5 Å². The first kappa shape index (κ1) is 17.9. The van der Waals surface area contributed by atoms with Crippen molar-refractivity contribution in [2.24, 2.45) is 5.73 Å². The van der Waals surface area contributed by atoms with Gasteiger partial charge in [-0.3, -0.25) is 0 Å². The molecule has 0 heterocycles. The molecule has 21 heavy (non-hydrogen) atoms. The summed E-state index contributed by atoms with van der Waals surface area (Å²) in [5.74, 6) is -0.208. The van der Waals surface area contributed by atoms with E-state index in [1.807, 2.05) is 0 Å². The number of halogens is 3. The van der Waals surface area contributed by atoms with Crippen molar-refractivity contribution < 1.29 is 21.6 Å². The highest BCUT2D eigenvalue weighted by Gasteiger charge is 2.25. The van der Waals surface area contributed by atoms with Crippen LogP contribution in [-0.2, 0) is 22.3 Å². The van der Waals surface area contributed by atoms with Crippen LogP contribution in [0.5, 0.6) is 0 Å². The third kappa shape index (κ3) is 8.03. The molecule has 0 aromatic heterocycles. The van der Waals surface area contributed by atoms with E-state index in [0.717, 1.165) is 5.56 Å². The molecule has 1 rings (SSSR count). The zero-order valence-electron chi connectivity index (χ0n) is 11.5. The highest BCUT2D eigenvalue weighted by atomic mass is 32.2. The Kier molecular flexibility index (Phi) is 6.63. The Morgan fingerprint density at radius 1 is 1.14 bits per heavy atom. The Balaban J connectivity index is 2.40. The Hall–Kier alpha value is -1.12. The smallest absolute Gasteiger partial charge is 0.326 e. The highest BCUT2D eigenvalue weighted by molar-refractivity contribution is 7.88. The molecule has 3 N–H and O–H groups in total. The topological polar surface area (TPSA) is 72.2 Å². The molecule has 8 heteroatoms. The monoisotopic (exact) mass is 324 g/mol. The van der Waals surface area contributed by atoms with Crippen molar-refractivity contribution in [2.45, 2.75) is 37.7 Å². The molecule has 0 unspecified atom stereocenters. The molecule has 0 saturated carbocycles. The normalized spacial score (nSPS) is 12.6. The van der Waals surface area contributed by atoms with Crippen molar-refractivity contribution in [3.63, 3.8) is 0 Å². The molecule has 0 amide bonds. The van der Waals surface area contributed by atoms with E-state index < -0.39 is 22.6 Å². The van der Waals surface area contributed by atoms with Gasteiger partial charge >= 0.3 is 6.18 Å². The maximum absolute atomic E-state index is 11.9. The largest absolute Gasteiger partial charge is 0.389 e. The molecule has 0 radical (unpaired) electrons. The van der Waals surface area contributed by atoms with Gasteiger partial charge in [0.2, 0.25) is 10.0 Å². The van der Waals surface area contributed by atoms with Crippen molar-refractivity contribution >= 4 is 10.0 Å². The summed E-state index contributed by atoms with van der Waals surface area (Å²) >= 11 is 0. The molecule has 0 aliphatic rings. The number of rotatable bonds is 8. The van der Waals surface area contributed by atoms with Crippen LogP contribution in [0.3, 0.4) is 0 Å². The van der Waals surface area contributed by atoms with Crippen LogP contribution in [0.1, 0.15) is 30.4 Å². The van der Waals surface area contributed by atoms with Crippen molar-refractivity contribution in [2.75, 3.05) is 6.54 Å². The minimum Gasteiger partial charge on any atom is -0.326 e. The van der Waals surface area contributed by atoms with E-state index in [4.69, 9.17) is 5.73 Å². The van der Waals surface area contributed by atoms with Crippen LogP contribution in [0.25, 0.3) is 0 Å². The minimum atomic E-state index is -4.19. The van der Waals surface area contributed by atoms with Crippen molar-refractivity contribution in [1.82, 2.24) is 4.72 Å². The van der Waals surface area contributed by atoms with E-state index in [0.29, 0.717) is 12.1 Å². The number of nitrogens with one attached hydrogen (secondary N) is 1. The lowest BCUT2D eigenvalue weighted by molar-refractivity contribution is -0.135. The minimum absolute atomic E-state index is 0.00892. The molecule has 0 bridgehead atoms. The number of hydrogen-bond acceptors (Lipinski definition) is 3. The zero-order chi connectivity index (χ0) is 15.9. The number of alkyl halides is 3. The first-order chi connectivity index (χ1) is 9.72. The summed E-state index contributed by atoms with van der Waals surface area (Å²) in [6.07, 6.45) is -5.02. The van der Waals surface area contributed by atoms with E-state index in [2.05, 4.69) is 4.72 Å². The second-order valence-corrected chi connectivity index (χ2v) is 6.56. The predicted octanol–water partition coefficient (Wildman–Crippen LogP) is 2.30. The fraction of sp³-hybridized carbons (Fsp3) is 0.538. The van der Waals surface area contributed by atoms with Gasteiger partial charge in [-0.05, 0) is 24.0 Å². The summed E-state index contributed by atoms with van der Waals surface area (Å²) < 4.78 is 61.7. The van der Waals surface area contributed by atoms with Gasteiger partial charge in [-0.25, -0.2) is 13.1 Å². The Morgan fingerprint density at radius 3 is 2.43 bits per heavy atom. The highest BCUT2D eigenvalue weighted by Crippen LogP contribution is 2.21. The van der Waals surface area contributed by atoms with Gasteiger partial charge in [0.1, 0.15) is 0 Å². The fourth-order valence-corrected chi connectivity index (χ4v) is 2.97. The van der Waals surface area contributed by atoms with E-state index in [9.17, 15) is 21.6 Å². The third-order valence-corrected chi connectivity index (χ3v) is 4.15. The Bertz CT molecular complexity index is 545. The lowest BCUT2D eigenvalue weighted by atomic mass is 10.1. The summed E-state index contributed by atoms with van der Waals surface area (Å²) in [5, 5.41) is 0. The first-order valence-corrected chi connectivity index (χ1v) is 8.19. The van der Waals surface area contributed by atoms with Gasteiger partial charge in [-0.1, -0.05) is 24.3 Å². The number of benzene rings is 1. The summed E-state index contributed by atoms with van der Waals surface area (Å²) in [7, 11) is -3.55. The molecular formula is C13H19F3N2O2S. The second-order valence-electron chi connectivity index (χ2n) is 4.75. The van der Waals surface area contributed by atoms with Gasteiger partial charge in [-0.15, -0.1) is 0 Å². The lowest BCUT2D eigenvalue weighted by Gasteiger charge is -2.08. The zero-order valence-corrected chi connectivity index (χ0v) is 12.3. The molecule has 0 saturated heterocycles. The Labute approximate surface area is 122 Å². The maximum atomic E-state index is 11.9. The van der Waals surface area contributed by atoms with E-state index in [1.165, 1.54) is 0 Å². The SMILES string of the molecule is NCc1cccc(CS(=O)(=O)NCCCCC(F)(F)F)c1. The quantitative estimate of drug-likeness (QED) is 0.721. The number of sulfonamides is 1. The number of nitrogens with two attached hydrogens (primary N) is 1. The Morgan fingerprint density at radius 2 is 1.81 bits per heavy atom. The van der Waals surface area contributed by atoms with E-state index in [1.54, 1.807) is 24.3 Å². The summed E-state index contributed by atoms with van der Waals surface area (Å²) in [6, 6.07) is 6.88. The molecule has 1 aromatic rings. The van der Waals surface area contributed by atoms with Crippen LogP contribution in [0.2, 0.25) is 0 Å². The van der Waals surface area contributed by atoms with Crippen LogP contribution in [0, 0.1) is 0 Å². The molecule has 1 aromatic carbocycles. The maximum Gasteiger partial charge on any atom is 0.389 e. The number of unbranched alkanes of at least 4 members (excludes halogenated alkanes) is 1. The van der Waals surface area contributed by atoms with Crippen LogP contribution >= 0.6 is 0 Å². The molecule has 0 fully saturated rings. The van der Waals surface area contributed by atoms with Gasteiger partial charge in [0.25, 0.3) is 0 Å². The molecule has 0 aliphatic carbocycles. The predicted molar refractivity (Wildman–Crippen MR) is 74.9 cm³/mol. The summed E-state index contributed by atoms with van der Waals surface area (Å²) in [6.45, 7) is 0.327.